The molecular formula is C23H25NO5S. The van der Waals surface area contributed by atoms with E-state index in [0.29, 0.717) is 22.9 Å². The molecular weight excluding hydrogens is 402 g/mol. The van der Waals surface area contributed by atoms with Gasteiger partial charge in [0.15, 0.2) is 0 Å². The molecule has 0 N–H and O–H groups in total. The summed E-state index contributed by atoms with van der Waals surface area (Å²) in [6, 6.07) is 19.2. The summed E-state index contributed by atoms with van der Waals surface area (Å²) in [5.41, 5.74) is 2.33. The van der Waals surface area contributed by atoms with Gasteiger partial charge in [0.05, 0.1) is 38.5 Å². The van der Waals surface area contributed by atoms with Gasteiger partial charge in [-0.3, -0.25) is 4.31 Å². The van der Waals surface area contributed by atoms with Crippen LogP contribution in [0.2, 0.25) is 0 Å². The summed E-state index contributed by atoms with van der Waals surface area (Å²) in [5.74, 6) is 1.47. The Morgan fingerprint density at radius 3 is 2.00 bits per heavy atom. The highest BCUT2D eigenvalue weighted by atomic mass is 32.2. The maximum Gasteiger partial charge on any atom is 0.264 e. The molecule has 7 heteroatoms. The van der Waals surface area contributed by atoms with Crippen molar-refractivity contribution in [2.45, 2.75) is 18.4 Å². The van der Waals surface area contributed by atoms with E-state index in [1.807, 2.05) is 31.2 Å². The van der Waals surface area contributed by atoms with Crippen LogP contribution in [0, 0.1) is 6.92 Å². The summed E-state index contributed by atoms with van der Waals surface area (Å²) in [6.07, 6.45) is 0. The molecule has 6 nitrogen and oxygen atoms in total. The first-order chi connectivity index (χ1) is 14.4. The van der Waals surface area contributed by atoms with Crippen LogP contribution in [-0.2, 0) is 16.6 Å². The van der Waals surface area contributed by atoms with Crippen molar-refractivity contribution in [3.05, 3.63) is 77.9 Å². The zero-order valence-corrected chi connectivity index (χ0v) is 18.3. The van der Waals surface area contributed by atoms with Gasteiger partial charge in [-0.05, 0) is 30.2 Å². The second-order valence-corrected chi connectivity index (χ2v) is 8.55. The minimum Gasteiger partial charge on any atom is -0.497 e. The smallest absolute Gasteiger partial charge is 0.264 e. The summed E-state index contributed by atoms with van der Waals surface area (Å²) in [5, 5.41) is 0. The molecule has 0 saturated carbocycles. The Balaban J connectivity index is 2.18. The lowest BCUT2D eigenvalue weighted by atomic mass is 10.1. The van der Waals surface area contributed by atoms with Gasteiger partial charge in [0.1, 0.15) is 17.2 Å². The zero-order valence-electron chi connectivity index (χ0n) is 17.5. The van der Waals surface area contributed by atoms with Crippen molar-refractivity contribution in [3.8, 4) is 17.2 Å². The molecule has 0 atom stereocenters. The predicted octanol–water partition coefficient (Wildman–Crippen LogP) is 4.42. The van der Waals surface area contributed by atoms with Crippen LogP contribution in [0.1, 0.15) is 11.1 Å². The van der Waals surface area contributed by atoms with Gasteiger partial charge in [-0.1, -0.05) is 30.3 Å². The molecule has 0 fully saturated rings. The van der Waals surface area contributed by atoms with Crippen molar-refractivity contribution in [1.82, 2.24) is 0 Å². The van der Waals surface area contributed by atoms with Crippen LogP contribution >= 0.6 is 0 Å². The molecule has 0 aliphatic carbocycles. The first-order valence-electron chi connectivity index (χ1n) is 9.33. The number of aryl methyl sites for hydroxylation is 1. The fraction of sp³-hybridized carbons (Fsp3) is 0.217. The van der Waals surface area contributed by atoms with Crippen molar-refractivity contribution in [3.63, 3.8) is 0 Å². The molecule has 0 unspecified atom stereocenters. The van der Waals surface area contributed by atoms with Crippen LogP contribution < -0.4 is 18.5 Å². The Kier molecular flexibility index (Phi) is 6.52. The summed E-state index contributed by atoms with van der Waals surface area (Å²) >= 11 is 0. The number of hydrogen-bond donors (Lipinski definition) is 0. The molecule has 0 saturated heterocycles. The molecule has 0 heterocycles. The van der Waals surface area contributed by atoms with Gasteiger partial charge in [0, 0.05) is 24.3 Å². The molecule has 0 aromatic heterocycles. The number of ether oxygens (including phenoxy) is 3. The van der Waals surface area contributed by atoms with Gasteiger partial charge in [-0.25, -0.2) is 8.42 Å². The Morgan fingerprint density at radius 2 is 1.40 bits per heavy atom. The minimum atomic E-state index is -3.91. The molecule has 3 aromatic rings. The van der Waals surface area contributed by atoms with E-state index in [2.05, 4.69) is 0 Å². The van der Waals surface area contributed by atoms with Crippen molar-refractivity contribution >= 4 is 15.7 Å². The maximum absolute atomic E-state index is 13.7. The van der Waals surface area contributed by atoms with Crippen molar-refractivity contribution in [2.75, 3.05) is 25.6 Å². The maximum atomic E-state index is 13.7. The quantitative estimate of drug-likeness (QED) is 0.533. The summed E-state index contributed by atoms with van der Waals surface area (Å²) < 4.78 is 44.7. The lowest BCUT2D eigenvalue weighted by Crippen LogP contribution is -2.31. The first-order valence-corrected chi connectivity index (χ1v) is 10.8. The Bertz CT molecular complexity index is 1110. The fourth-order valence-corrected chi connectivity index (χ4v) is 4.54. The minimum absolute atomic E-state index is 0.136. The molecule has 30 heavy (non-hydrogen) atoms. The normalized spacial score (nSPS) is 11.1. The number of hydrogen-bond acceptors (Lipinski definition) is 5. The molecule has 3 aromatic carbocycles. The van der Waals surface area contributed by atoms with Gasteiger partial charge in [0.2, 0.25) is 0 Å². The molecule has 0 bridgehead atoms. The van der Waals surface area contributed by atoms with Gasteiger partial charge >= 0.3 is 0 Å². The van der Waals surface area contributed by atoms with Crippen molar-refractivity contribution < 1.29 is 22.6 Å². The van der Waals surface area contributed by atoms with Crippen LogP contribution in [0.25, 0.3) is 0 Å². The van der Waals surface area contributed by atoms with Crippen LogP contribution in [0.4, 0.5) is 5.69 Å². The highest BCUT2D eigenvalue weighted by molar-refractivity contribution is 7.92. The summed E-state index contributed by atoms with van der Waals surface area (Å²) in [6.45, 7) is 2.11. The Morgan fingerprint density at radius 1 is 0.767 bits per heavy atom. The standard InChI is InChI=1S/C23H25NO5S/c1-17-8-5-6-9-18(17)16-24(19-12-21(28-3)14-22(13-19)29-4)30(25,26)23-11-7-10-20(15-23)27-2/h5-15H,16H2,1-4H3. The molecule has 0 aliphatic rings. The van der Waals surface area contributed by atoms with Crippen LogP contribution in [0.5, 0.6) is 17.2 Å². The Labute approximate surface area is 177 Å². The zero-order chi connectivity index (χ0) is 21.7. The lowest BCUT2D eigenvalue weighted by Gasteiger charge is -2.26. The monoisotopic (exact) mass is 427 g/mol. The number of rotatable bonds is 8. The second kappa shape index (κ2) is 9.09. The molecule has 158 valence electrons. The molecule has 0 radical (unpaired) electrons. The average Bonchev–Trinajstić information content (AvgIpc) is 2.77. The van der Waals surface area contributed by atoms with Crippen LogP contribution in [0.3, 0.4) is 0 Å². The van der Waals surface area contributed by atoms with Crippen molar-refractivity contribution in [2.24, 2.45) is 0 Å². The highest BCUT2D eigenvalue weighted by Crippen LogP contribution is 2.34. The molecule has 0 aliphatic heterocycles. The third kappa shape index (κ3) is 4.52. The number of methoxy groups -OCH3 is 3. The summed E-state index contributed by atoms with van der Waals surface area (Å²) in [7, 11) is 0.651. The van der Waals surface area contributed by atoms with E-state index >= 15 is 0 Å². The van der Waals surface area contributed by atoms with E-state index in [-0.39, 0.29) is 11.4 Å². The topological polar surface area (TPSA) is 65.1 Å². The molecule has 0 amide bonds. The van der Waals surface area contributed by atoms with Crippen molar-refractivity contribution in [1.29, 1.82) is 0 Å². The molecule has 3 rings (SSSR count). The molecule has 0 spiro atoms. The average molecular weight is 428 g/mol. The van der Waals surface area contributed by atoms with Gasteiger partial charge in [-0.15, -0.1) is 0 Å². The third-order valence-corrected chi connectivity index (χ3v) is 6.60. The lowest BCUT2D eigenvalue weighted by molar-refractivity contribution is 0.394. The van der Waals surface area contributed by atoms with Gasteiger partial charge < -0.3 is 14.2 Å². The van der Waals surface area contributed by atoms with Crippen LogP contribution in [-0.4, -0.2) is 29.7 Å². The Hall–Kier alpha value is -3.19. The number of sulfonamides is 1. The number of anilines is 1. The third-order valence-electron chi connectivity index (χ3n) is 4.83. The first kappa shape index (κ1) is 21.5. The van der Waals surface area contributed by atoms with E-state index in [9.17, 15) is 8.42 Å². The second-order valence-electron chi connectivity index (χ2n) is 6.69. The predicted molar refractivity (Wildman–Crippen MR) is 117 cm³/mol. The van der Waals surface area contributed by atoms with E-state index in [1.54, 1.807) is 36.4 Å². The SMILES string of the molecule is COc1cc(OC)cc(N(Cc2ccccc2C)S(=O)(=O)c2cccc(OC)c2)c1. The summed E-state index contributed by atoms with van der Waals surface area (Å²) in [4.78, 5) is 0.136. The van der Waals surface area contributed by atoms with E-state index < -0.39 is 10.0 Å². The van der Waals surface area contributed by atoms with Crippen LogP contribution in [0.15, 0.2) is 71.6 Å². The van der Waals surface area contributed by atoms with E-state index in [4.69, 9.17) is 14.2 Å². The van der Waals surface area contributed by atoms with Gasteiger partial charge in [-0.2, -0.15) is 0 Å². The van der Waals surface area contributed by atoms with E-state index in [0.717, 1.165) is 11.1 Å². The van der Waals surface area contributed by atoms with E-state index in [1.165, 1.54) is 31.7 Å². The number of benzene rings is 3. The highest BCUT2D eigenvalue weighted by Gasteiger charge is 2.27. The number of nitrogens with zero attached hydrogens (tertiary/aromatic N) is 1. The fourth-order valence-electron chi connectivity index (χ4n) is 3.08. The van der Waals surface area contributed by atoms with Gasteiger partial charge in [0.25, 0.3) is 10.0 Å². The largest absolute Gasteiger partial charge is 0.497 e.